The van der Waals surface area contributed by atoms with Crippen LogP contribution in [0.25, 0.3) is 0 Å². The standard InChI is InChI=1S/C25H25N3O5/c1-31-21-13-17(14-22(32-2)24(21)33-15-23(26)29)25(30)27-18-8-4-6-10-20(18)28-12-11-16-7-3-5-9-19(16)28/h3-10,13-14H,11-12,15H2,1-2H3,(H2,26,29)(H,27,30). The molecule has 0 unspecified atom stereocenters. The van der Waals surface area contributed by atoms with Crippen LogP contribution in [0.4, 0.5) is 17.1 Å². The van der Waals surface area contributed by atoms with Crippen LogP contribution in [0.1, 0.15) is 15.9 Å². The van der Waals surface area contributed by atoms with Crippen molar-refractivity contribution >= 4 is 28.9 Å². The third-order valence-corrected chi connectivity index (χ3v) is 5.41. The number of primary amides is 1. The molecule has 1 heterocycles. The van der Waals surface area contributed by atoms with Crippen LogP contribution in [0.2, 0.25) is 0 Å². The Hall–Kier alpha value is -4.20. The topological polar surface area (TPSA) is 103 Å². The van der Waals surface area contributed by atoms with E-state index in [1.54, 1.807) is 0 Å². The second kappa shape index (κ2) is 9.52. The molecule has 4 rings (SSSR count). The van der Waals surface area contributed by atoms with E-state index in [4.69, 9.17) is 19.9 Å². The van der Waals surface area contributed by atoms with Gasteiger partial charge in [-0.25, -0.2) is 0 Å². The maximum atomic E-state index is 13.2. The minimum Gasteiger partial charge on any atom is -0.493 e. The van der Waals surface area contributed by atoms with E-state index in [1.165, 1.54) is 31.9 Å². The Balaban J connectivity index is 1.63. The fourth-order valence-corrected chi connectivity index (χ4v) is 3.89. The van der Waals surface area contributed by atoms with Crippen molar-refractivity contribution in [2.45, 2.75) is 6.42 Å². The largest absolute Gasteiger partial charge is 0.493 e. The Morgan fingerprint density at radius 3 is 2.27 bits per heavy atom. The van der Waals surface area contributed by atoms with E-state index in [0.29, 0.717) is 11.3 Å². The molecule has 0 spiro atoms. The summed E-state index contributed by atoms with van der Waals surface area (Å²) in [5, 5.41) is 3.00. The average Bonchev–Trinajstić information content (AvgIpc) is 3.26. The summed E-state index contributed by atoms with van der Waals surface area (Å²) in [4.78, 5) is 26.5. The van der Waals surface area contributed by atoms with Crippen LogP contribution < -0.4 is 30.2 Å². The van der Waals surface area contributed by atoms with Gasteiger partial charge in [-0.15, -0.1) is 0 Å². The molecule has 0 atom stereocenters. The van der Waals surface area contributed by atoms with E-state index in [-0.39, 0.29) is 29.8 Å². The molecule has 0 fully saturated rings. The molecule has 33 heavy (non-hydrogen) atoms. The maximum absolute atomic E-state index is 13.2. The number of hydrogen-bond acceptors (Lipinski definition) is 6. The number of nitrogens with zero attached hydrogens (tertiary/aromatic N) is 1. The van der Waals surface area contributed by atoms with Crippen molar-refractivity contribution in [2.24, 2.45) is 5.73 Å². The smallest absolute Gasteiger partial charge is 0.255 e. The number of rotatable bonds is 8. The van der Waals surface area contributed by atoms with Crippen molar-refractivity contribution in [1.29, 1.82) is 0 Å². The minimum absolute atomic E-state index is 0.199. The van der Waals surface area contributed by atoms with Crippen molar-refractivity contribution in [3.63, 3.8) is 0 Å². The fourth-order valence-electron chi connectivity index (χ4n) is 3.89. The van der Waals surface area contributed by atoms with Crippen molar-refractivity contribution in [3.8, 4) is 17.2 Å². The zero-order valence-electron chi connectivity index (χ0n) is 18.5. The molecule has 3 N–H and O–H groups in total. The Morgan fingerprint density at radius 2 is 1.61 bits per heavy atom. The number of nitrogens with two attached hydrogens (primary N) is 1. The van der Waals surface area contributed by atoms with Crippen LogP contribution >= 0.6 is 0 Å². The maximum Gasteiger partial charge on any atom is 0.255 e. The molecule has 0 aromatic heterocycles. The highest BCUT2D eigenvalue weighted by Crippen LogP contribution is 2.40. The lowest BCUT2D eigenvalue weighted by molar-refractivity contribution is -0.120. The third kappa shape index (κ3) is 4.55. The van der Waals surface area contributed by atoms with Crippen LogP contribution in [0.3, 0.4) is 0 Å². The van der Waals surface area contributed by atoms with E-state index in [0.717, 1.165) is 24.3 Å². The van der Waals surface area contributed by atoms with Gasteiger partial charge < -0.3 is 30.2 Å². The summed E-state index contributed by atoms with van der Waals surface area (Å²) in [6, 6.07) is 19.0. The van der Waals surface area contributed by atoms with Gasteiger partial charge in [0, 0.05) is 17.8 Å². The van der Waals surface area contributed by atoms with Gasteiger partial charge in [0.2, 0.25) is 5.75 Å². The number of carbonyl (C=O) groups is 2. The monoisotopic (exact) mass is 447 g/mol. The molecule has 0 saturated heterocycles. The van der Waals surface area contributed by atoms with Gasteiger partial charge >= 0.3 is 0 Å². The van der Waals surface area contributed by atoms with Crippen molar-refractivity contribution < 1.29 is 23.8 Å². The molecular formula is C25H25N3O5. The summed E-state index contributed by atoms with van der Waals surface area (Å²) in [6.45, 7) is 0.489. The van der Waals surface area contributed by atoms with Crippen molar-refractivity contribution in [1.82, 2.24) is 0 Å². The highest BCUT2D eigenvalue weighted by molar-refractivity contribution is 6.07. The fraction of sp³-hybridized carbons (Fsp3) is 0.200. The van der Waals surface area contributed by atoms with Gasteiger partial charge in [0.15, 0.2) is 18.1 Å². The number of nitrogens with one attached hydrogen (secondary N) is 1. The van der Waals surface area contributed by atoms with E-state index in [9.17, 15) is 9.59 Å². The summed E-state index contributed by atoms with van der Waals surface area (Å²) in [5.74, 6) is -0.275. The molecule has 2 amide bonds. The van der Waals surface area contributed by atoms with Crippen LogP contribution in [0.5, 0.6) is 17.2 Å². The van der Waals surface area contributed by atoms with E-state index < -0.39 is 5.91 Å². The zero-order valence-corrected chi connectivity index (χ0v) is 18.5. The van der Waals surface area contributed by atoms with Crippen LogP contribution in [0, 0.1) is 0 Å². The van der Waals surface area contributed by atoms with Gasteiger partial charge in [-0.05, 0) is 42.3 Å². The van der Waals surface area contributed by atoms with Gasteiger partial charge in [-0.3, -0.25) is 9.59 Å². The number of fused-ring (bicyclic) bond motifs is 1. The first-order chi connectivity index (χ1) is 16.0. The molecule has 1 aliphatic heterocycles. The Bertz CT molecular complexity index is 1170. The van der Waals surface area contributed by atoms with E-state index in [1.807, 2.05) is 36.4 Å². The lowest BCUT2D eigenvalue weighted by Crippen LogP contribution is -2.21. The van der Waals surface area contributed by atoms with Gasteiger partial charge in [-0.2, -0.15) is 0 Å². The van der Waals surface area contributed by atoms with Crippen LogP contribution in [-0.2, 0) is 11.2 Å². The first-order valence-corrected chi connectivity index (χ1v) is 10.4. The first kappa shape index (κ1) is 22.0. The van der Waals surface area contributed by atoms with E-state index in [2.05, 4.69) is 22.3 Å². The number of amides is 2. The molecule has 3 aromatic rings. The second-order valence-corrected chi connectivity index (χ2v) is 7.47. The third-order valence-electron chi connectivity index (χ3n) is 5.41. The quantitative estimate of drug-likeness (QED) is 0.548. The summed E-state index contributed by atoms with van der Waals surface area (Å²) >= 11 is 0. The molecule has 170 valence electrons. The van der Waals surface area contributed by atoms with Gasteiger partial charge in [0.1, 0.15) is 0 Å². The van der Waals surface area contributed by atoms with E-state index >= 15 is 0 Å². The van der Waals surface area contributed by atoms with Crippen LogP contribution in [-0.4, -0.2) is 39.2 Å². The summed E-state index contributed by atoms with van der Waals surface area (Å²) in [6.07, 6.45) is 0.944. The normalized spacial score (nSPS) is 12.1. The predicted octanol–water partition coefficient (Wildman–Crippen LogP) is 3.51. The highest BCUT2D eigenvalue weighted by Gasteiger charge is 2.23. The lowest BCUT2D eigenvalue weighted by Gasteiger charge is -2.23. The number of benzene rings is 3. The molecule has 8 nitrogen and oxygen atoms in total. The number of methoxy groups -OCH3 is 2. The molecule has 3 aromatic carbocycles. The Morgan fingerprint density at radius 1 is 0.970 bits per heavy atom. The Kier molecular flexibility index (Phi) is 6.35. The molecule has 0 saturated carbocycles. The number of para-hydroxylation sites is 3. The Labute approximate surface area is 191 Å². The molecule has 0 aliphatic carbocycles. The molecular weight excluding hydrogens is 422 g/mol. The summed E-state index contributed by atoms with van der Waals surface area (Å²) < 4.78 is 16.1. The predicted molar refractivity (Wildman–Crippen MR) is 126 cm³/mol. The average molecular weight is 447 g/mol. The number of anilines is 3. The molecule has 1 aliphatic rings. The SMILES string of the molecule is COc1cc(C(=O)Nc2ccccc2N2CCc3ccccc32)cc(OC)c1OCC(N)=O. The minimum atomic E-state index is -0.638. The van der Waals surface area contributed by atoms with Crippen LogP contribution in [0.15, 0.2) is 60.7 Å². The molecule has 0 bridgehead atoms. The van der Waals surface area contributed by atoms with Crippen molar-refractivity contribution in [3.05, 3.63) is 71.8 Å². The van der Waals surface area contributed by atoms with Gasteiger partial charge in [0.05, 0.1) is 25.6 Å². The van der Waals surface area contributed by atoms with Gasteiger partial charge in [-0.1, -0.05) is 30.3 Å². The summed E-state index contributed by atoms with van der Waals surface area (Å²) in [5.41, 5.74) is 9.50. The molecule has 8 heteroatoms. The number of ether oxygens (including phenoxy) is 3. The highest BCUT2D eigenvalue weighted by atomic mass is 16.5. The summed E-state index contributed by atoms with van der Waals surface area (Å²) in [7, 11) is 2.88. The lowest BCUT2D eigenvalue weighted by atomic mass is 10.1. The van der Waals surface area contributed by atoms with Crippen molar-refractivity contribution in [2.75, 3.05) is 37.6 Å². The zero-order chi connectivity index (χ0) is 23.4. The number of hydrogen-bond donors (Lipinski definition) is 2. The first-order valence-electron chi connectivity index (χ1n) is 10.4. The second-order valence-electron chi connectivity index (χ2n) is 7.47. The number of carbonyl (C=O) groups excluding carboxylic acids is 2. The van der Waals surface area contributed by atoms with Gasteiger partial charge in [0.25, 0.3) is 11.8 Å². The molecule has 0 radical (unpaired) electrons.